The molecule has 1 aromatic heterocycles. The van der Waals surface area contributed by atoms with E-state index in [1.54, 1.807) is 23.1 Å². The van der Waals surface area contributed by atoms with Gasteiger partial charge in [0, 0.05) is 26.6 Å². The third kappa shape index (κ3) is 3.56. The van der Waals surface area contributed by atoms with Crippen molar-refractivity contribution in [2.75, 3.05) is 7.05 Å². The van der Waals surface area contributed by atoms with Crippen molar-refractivity contribution in [3.8, 4) is 0 Å². The summed E-state index contributed by atoms with van der Waals surface area (Å²) >= 11 is 0. The number of hydrogen-bond donors (Lipinski definition) is 0. The van der Waals surface area contributed by atoms with Crippen molar-refractivity contribution in [1.29, 1.82) is 0 Å². The van der Waals surface area contributed by atoms with Crippen LogP contribution in [0.2, 0.25) is 0 Å². The van der Waals surface area contributed by atoms with Crippen molar-refractivity contribution in [3.63, 3.8) is 0 Å². The number of aromatic nitrogens is 2. The van der Waals surface area contributed by atoms with Gasteiger partial charge >= 0.3 is 5.69 Å². The second-order valence-corrected chi connectivity index (χ2v) is 6.77. The van der Waals surface area contributed by atoms with Crippen molar-refractivity contribution in [2.24, 2.45) is 0 Å². The van der Waals surface area contributed by atoms with Crippen molar-refractivity contribution in [2.45, 2.75) is 39.4 Å². The number of aryl methyl sites for hydroxylation is 2. The van der Waals surface area contributed by atoms with E-state index in [1.807, 2.05) is 31.2 Å². The minimum Gasteiger partial charge on any atom is -0.339 e. The smallest absolute Gasteiger partial charge is 0.329 e. The predicted octanol–water partition coefficient (Wildman–Crippen LogP) is 3.71. The van der Waals surface area contributed by atoms with Gasteiger partial charge in [0.25, 0.3) is 0 Å². The molecular formula is C21H23F2N3O2. The Morgan fingerprint density at radius 2 is 1.71 bits per heavy atom. The Bertz CT molecular complexity index is 1070. The molecule has 0 N–H and O–H groups in total. The molecule has 1 atom stereocenters. The highest BCUT2D eigenvalue weighted by Crippen LogP contribution is 2.22. The van der Waals surface area contributed by atoms with Gasteiger partial charge in [-0.3, -0.25) is 13.9 Å². The number of carbonyl (C=O) groups is 1. The van der Waals surface area contributed by atoms with E-state index in [9.17, 15) is 18.4 Å². The second-order valence-electron chi connectivity index (χ2n) is 6.77. The van der Waals surface area contributed by atoms with Crippen molar-refractivity contribution in [1.82, 2.24) is 14.0 Å². The molecule has 0 aliphatic rings. The molecule has 0 spiro atoms. The minimum atomic E-state index is -0.941. The first-order chi connectivity index (χ1) is 13.3. The van der Waals surface area contributed by atoms with Crippen LogP contribution in [0.3, 0.4) is 0 Å². The molecule has 5 nitrogen and oxygen atoms in total. The normalized spacial score (nSPS) is 12.3. The molecule has 1 heterocycles. The monoisotopic (exact) mass is 387 g/mol. The summed E-state index contributed by atoms with van der Waals surface area (Å²) in [6.07, 6.45) is 0.127. The van der Waals surface area contributed by atoms with Crippen LogP contribution in [0.1, 0.15) is 31.9 Å². The minimum absolute atomic E-state index is 0.127. The zero-order valence-corrected chi connectivity index (χ0v) is 16.2. The van der Waals surface area contributed by atoms with E-state index in [0.29, 0.717) is 12.1 Å². The molecule has 3 aromatic rings. The van der Waals surface area contributed by atoms with Crippen LogP contribution >= 0.6 is 0 Å². The van der Waals surface area contributed by atoms with E-state index >= 15 is 0 Å². The molecule has 0 saturated heterocycles. The fourth-order valence-corrected chi connectivity index (χ4v) is 3.39. The van der Waals surface area contributed by atoms with Gasteiger partial charge in [0.05, 0.1) is 17.1 Å². The molecule has 0 unspecified atom stereocenters. The lowest BCUT2D eigenvalue weighted by atomic mass is 10.1. The number of amides is 1. The summed E-state index contributed by atoms with van der Waals surface area (Å²) in [5.74, 6) is -2.04. The van der Waals surface area contributed by atoms with E-state index in [4.69, 9.17) is 0 Å². The van der Waals surface area contributed by atoms with Gasteiger partial charge in [-0.05, 0) is 43.7 Å². The number of halogens is 2. The molecule has 0 saturated carbocycles. The van der Waals surface area contributed by atoms with Gasteiger partial charge in [-0.25, -0.2) is 13.6 Å². The third-order valence-electron chi connectivity index (χ3n) is 5.19. The Morgan fingerprint density at radius 1 is 1.07 bits per heavy atom. The lowest BCUT2D eigenvalue weighted by Crippen LogP contribution is -2.32. The first-order valence-corrected chi connectivity index (χ1v) is 9.23. The first-order valence-electron chi connectivity index (χ1n) is 9.23. The van der Waals surface area contributed by atoms with E-state index in [0.717, 1.165) is 23.2 Å². The van der Waals surface area contributed by atoms with Gasteiger partial charge in [-0.15, -0.1) is 0 Å². The molecule has 0 bridgehead atoms. The zero-order valence-electron chi connectivity index (χ0n) is 16.2. The summed E-state index contributed by atoms with van der Waals surface area (Å²) in [7, 11) is 1.62. The maximum absolute atomic E-state index is 13.5. The number of para-hydroxylation sites is 2. The summed E-state index contributed by atoms with van der Waals surface area (Å²) in [5.41, 5.74) is 1.99. The molecule has 0 radical (unpaired) electrons. The van der Waals surface area contributed by atoms with Crippen LogP contribution in [0.15, 0.2) is 47.3 Å². The molecule has 0 aliphatic carbocycles. The van der Waals surface area contributed by atoms with Crippen LogP contribution in [-0.4, -0.2) is 27.0 Å². The molecular weight excluding hydrogens is 364 g/mol. The van der Waals surface area contributed by atoms with Crippen LogP contribution < -0.4 is 5.69 Å². The van der Waals surface area contributed by atoms with E-state index in [2.05, 4.69) is 0 Å². The summed E-state index contributed by atoms with van der Waals surface area (Å²) < 4.78 is 29.9. The number of benzene rings is 2. The standard InChI is InChI=1S/C21H23F2N3O2/c1-4-25-18-7-5-6-8-19(18)26(21(25)28)12-11-20(27)24(3)14(2)15-9-10-16(22)17(23)13-15/h5-10,13-14H,4,11-12H2,1-3H3/t14-/m1/s1. The summed E-state index contributed by atoms with van der Waals surface area (Å²) in [4.78, 5) is 26.8. The lowest BCUT2D eigenvalue weighted by molar-refractivity contribution is -0.132. The van der Waals surface area contributed by atoms with Gasteiger partial charge in [-0.2, -0.15) is 0 Å². The topological polar surface area (TPSA) is 47.2 Å². The first kappa shape index (κ1) is 19.8. The Labute approximate surface area is 161 Å². The summed E-state index contributed by atoms with van der Waals surface area (Å²) in [6.45, 7) is 4.45. The quantitative estimate of drug-likeness (QED) is 0.647. The van der Waals surface area contributed by atoms with Crippen LogP contribution in [0, 0.1) is 11.6 Å². The predicted molar refractivity (Wildman–Crippen MR) is 104 cm³/mol. The number of carbonyl (C=O) groups excluding carboxylic acids is 1. The Kier molecular flexibility index (Phi) is 5.63. The van der Waals surface area contributed by atoms with E-state index in [1.165, 1.54) is 11.0 Å². The van der Waals surface area contributed by atoms with Gasteiger partial charge in [0.1, 0.15) is 0 Å². The highest BCUT2D eigenvalue weighted by Gasteiger charge is 2.20. The highest BCUT2D eigenvalue weighted by atomic mass is 19.2. The SMILES string of the molecule is CCn1c(=O)n(CCC(=O)N(C)[C@H](C)c2ccc(F)c(F)c2)c2ccccc21. The molecule has 0 fully saturated rings. The molecule has 2 aromatic carbocycles. The maximum Gasteiger partial charge on any atom is 0.329 e. The lowest BCUT2D eigenvalue weighted by Gasteiger charge is -2.25. The molecule has 1 amide bonds. The number of fused-ring (bicyclic) bond motifs is 1. The fourth-order valence-electron chi connectivity index (χ4n) is 3.39. The Morgan fingerprint density at radius 3 is 2.32 bits per heavy atom. The Balaban J connectivity index is 1.77. The summed E-state index contributed by atoms with van der Waals surface area (Å²) in [6, 6.07) is 10.7. The Hall–Kier alpha value is -2.96. The average Bonchev–Trinajstić information content (AvgIpc) is 2.97. The van der Waals surface area contributed by atoms with Crippen molar-refractivity contribution in [3.05, 3.63) is 70.1 Å². The molecule has 28 heavy (non-hydrogen) atoms. The van der Waals surface area contributed by atoms with E-state index < -0.39 is 17.7 Å². The molecule has 7 heteroatoms. The fraction of sp³-hybridized carbons (Fsp3) is 0.333. The summed E-state index contributed by atoms with van der Waals surface area (Å²) in [5, 5.41) is 0. The number of nitrogens with zero attached hydrogens (tertiary/aromatic N) is 3. The van der Waals surface area contributed by atoms with Gasteiger partial charge in [0.15, 0.2) is 11.6 Å². The van der Waals surface area contributed by atoms with Crippen LogP contribution in [0.25, 0.3) is 11.0 Å². The molecule has 148 valence electrons. The van der Waals surface area contributed by atoms with Gasteiger partial charge in [0.2, 0.25) is 5.91 Å². The highest BCUT2D eigenvalue weighted by molar-refractivity contribution is 5.78. The van der Waals surface area contributed by atoms with Crippen molar-refractivity contribution < 1.29 is 13.6 Å². The van der Waals surface area contributed by atoms with Crippen LogP contribution in [0.5, 0.6) is 0 Å². The molecule has 3 rings (SSSR count). The maximum atomic E-state index is 13.5. The van der Waals surface area contributed by atoms with Gasteiger partial charge in [-0.1, -0.05) is 18.2 Å². The number of imidazole rings is 1. The van der Waals surface area contributed by atoms with Crippen molar-refractivity contribution >= 4 is 16.9 Å². The third-order valence-corrected chi connectivity index (χ3v) is 5.19. The zero-order chi connectivity index (χ0) is 20.4. The van der Waals surface area contributed by atoms with Crippen LogP contribution in [0.4, 0.5) is 8.78 Å². The largest absolute Gasteiger partial charge is 0.339 e. The van der Waals surface area contributed by atoms with Crippen LogP contribution in [-0.2, 0) is 17.9 Å². The average molecular weight is 387 g/mol. The van der Waals surface area contributed by atoms with Gasteiger partial charge < -0.3 is 4.90 Å². The molecule has 0 aliphatic heterocycles. The van der Waals surface area contributed by atoms with E-state index in [-0.39, 0.29) is 24.6 Å². The number of rotatable bonds is 6. The number of hydrogen-bond acceptors (Lipinski definition) is 2. The second kappa shape index (κ2) is 7.96.